The van der Waals surface area contributed by atoms with Gasteiger partial charge in [-0.1, -0.05) is 0 Å². The molecule has 1 aliphatic heterocycles. The fraction of sp³-hybridized carbons (Fsp3) is 0.643. The molecule has 1 fully saturated rings. The van der Waals surface area contributed by atoms with Crippen molar-refractivity contribution in [1.82, 2.24) is 9.88 Å². The van der Waals surface area contributed by atoms with Gasteiger partial charge in [0.25, 0.3) is 0 Å². The van der Waals surface area contributed by atoms with Crippen molar-refractivity contribution in [2.75, 3.05) is 14.1 Å². The van der Waals surface area contributed by atoms with Gasteiger partial charge >= 0.3 is 7.12 Å². The number of aromatic nitrogens is 1. The molecule has 1 aliphatic rings. The van der Waals surface area contributed by atoms with Gasteiger partial charge in [-0.3, -0.25) is 4.98 Å². The Morgan fingerprint density at radius 1 is 1.15 bits per heavy atom. The van der Waals surface area contributed by atoms with Crippen LogP contribution in [0.1, 0.15) is 33.3 Å². The predicted octanol–water partition coefficient (Wildman–Crippen LogP) is 1.15. The molecule has 0 aliphatic carbocycles. The lowest BCUT2D eigenvalue weighted by atomic mass is 9.76. The van der Waals surface area contributed by atoms with Crippen LogP contribution >= 0.6 is 0 Å². The summed E-state index contributed by atoms with van der Waals surface area (Å²) >= 11 is 0. The zero-order valence-electron chi connectivity index (χ0n) is 13.1. The van der Waals surface area contributed by atoms with E-state index in [1.54, 1.807) is 6.20 Å². The second-order valence-corrected chi connectivity index (χ2v) is 6.56. The Hall–Kier alpha value is -1.11. The first-order valence-corrected chi connectivity index (χ1v) is 6.80. The van der Waals surface area contributed by atoms with Gasteiger partial charge in [0.2, 0.25) is 0 Å². The summed E-state index contributed by atoms with van der Waals surface area (Å²) in [6.07, 6.45) is 3.18. The molecule has 0 radical (unpaired) electrons. The Bertz CT molecular complexity index is 487. The average molecular weight is 278 g/mol. The van der Waals surface area contributed by atoms with Crippen molar-refractivity contribution in [3.63, 3.8) is 0 Å². The maximum Gasteiger partial charge on any atom is 0.499 e. The summed E-state index contributed by atoms with van der Waals surface area (Å²) in [4.78, 5) is 6.07. The topological polar surface area (TPSA) is 54.8 Å². The van der Waals surface area contributed by atoms with E-state index in [1.165, 1.54) is 6.20 Å². The van der Waals surface area contributed by atoms with Gasteiger partial charge in [-0.15, -0.1) is 0 Å². The summed E-state index contributed by atoms with van der Waals surface area (Å²) in [6.45, 7) is 8.65. The standard InChI is InChI=1S/C14H23BN2O3/c1-13(2)14(3,4)20-15(19-13)12-10(9-17(5)6)7-16-8-11(12)18/h7-8,18H,9H2,1-6H3. The smallest absolute Gasteiger partial charge is 0.499 e. The molecule has 0 saturated carbocycles. The number of hydrogen-bond acceptors (Lipinski definition) is 5. The van der Waals surface area contributed by atoms with Crippen LogP contribution in [0.4, 0.5) is 0 Å². The molecule has 0 amide bonds. The first-order chi connectivity index (χ1) is 9.14. The fourth-order valence-corrected chi connectivity index (χ4v) is 2.20. The molecule has 110 valence electrons. The largest absolute Gasteiger partial charge is 0.507 e. The average Bonchev–Trinajstić information content (AvgIpc) is 2.46. The van der Waals surface area contributed by atoms with E-state index in [4.69, 9.17) is 9.31 Å². The maximum absolute atomic E-state index is 10.2. The Morgan fingerprint density at radius 3 is 2.20 bits per heavy atom. The zero-order chi connectivity index (χ0) is 15.1. The van der Waals surface area contributed by atoms with Crippen molar-refractivity contribution in [1.29, 1.82) is 0 Å². The van der Waals surface area contributed by atoms with Crippen molar-refractivity contribution in [3.8, 4) is 5.75 Å². The highest BCUT2D eigenvalue weighted by Crippen LogP contribution is 2.37. The van der Waals surface area contributed by atoms with Gasteiger partial charge in [-0.05, 0) is 47.4 Å². The van der Waals surface area contributed by atoms with Crippen LogP contribution in [0.25, 0.3) is 0 Å². The molecule has 1 saturated heterocycles. The predicted molar refractivity (Wildman–Crippen MR) is 79.0 cm³/mol. The molecule has 5 nitrogen and oxygen atoms in total. The molecule has 1 N–H and O–H groups in total. The van der Waals surface area contributed by atoms with E-state index in [2.05, 4.69) is 4.98 Å². The van der Waals surface area contributed by atoms with Gasteiger partial charge < -0.3 is 19.3 Å². The molecule has 2 heterocycles. The van der Waals surface area contributed by atoms with Crippen LogP contribution in [0, 0.1) is 0 Å². The van der Waals surface area contributed by atoms with Crippen LogP contribution in [-0.4, -0.2) is 47.4 Å². The van der Waals surface area contributed by atoms with E-state index in [0.717, 1.165) is 5.56 Å². The molecule has 6 heteroatoms. The van der Waals surface area contributed by atoms with Crippen molar-refractivity contribution in [2.45, 2.75) is 45.4 Å². The highest BCUT2D eigenvalue weighted by atomic mass is 16.7. The SMILES string of the molecule is CN(C)Cc1cncc(O)c1B1OC(C)(C)C(C)(C)O1. The molecule has 0 atom stereocenters. The van der Waals surface area contributed by atoms with Crippen molar-refractivity contribution in [3.05, 3.63) is 18.0 Å². The lowest BCUT2D eigenvalue weighted by molar-refractivity contribution is 0.00578. The van der Waals surface area contributed by atoms with E-state index in [9.17, 15) is 5.11 Å². The molecule has 0 unspecified atom stereocenters. The molecule has 0 aromatic carbocycles. The summed E-state index contributed by atoms with van der Waals surface area (Å²) in [5, 5.41) is 10.2. The van der Waals surface area contributed by atoms with E-state index >= 15 is 0 Å². The van der Waals surface area contributed by atoms with Crippen molar-refractivity contribution in [2.24, 2.45) is 0 Å². The van der Waals surface area contributed by atoms with E-state index < -0.39 is 18.3 Å². The summed E-state index contributed by atoms with van der Waals surface area (Å²) in [5.74, 6) is 0.114. The molecule has 20 heavy (non-hydrogen) atoms. The molecule has 1 aromatic rings. The summed E-state index contributed by atoms with van der Waals surface area (Å²) < 4.78 is 12.0. The van der Waals surface area contributed by atoms with Gasteiger partial charge in [-0.25, -0.2) is 0 Å². The molecule has 1 aromatic heterocycles. The summed E-state index contributed by atoms with van der Waals surface area (Å²) in [7, 11) is 3.37. The van der Waals surface area contributed by atoms with Gasteiger partial charge in [0.15, 0.2) is 0 Å². The molecule has 2 rings (SSSR count). The molecular formula is C14H23BN2O3. The maximum atomic E-state index is 10.2. The minimum absolute atomic E-state index is 0.114. The number of aromatic hydroxyl groups is 1. The third-order valence-corrected chi connectivity index (χ3v) is 4.02. The number of nitrogens with zero attached hydrogens (tertiary/aromatic N) is 2. The Morgan fingerprint density at radius 2 is 1.70 bits per heavy atom. The molecular weight excluding hydrogens is 255 g/mol. The van der Waals surface area contributed by atoms with Crippen LogP contribution in [0.2, 0.25) is 0 Å². The van der Waals surface area contributed by atoms with Crippen LogP contribution in [0.3, 0.4) is 0 Å². The highest BCUT2D eigenvalue weighted by molar-refractivity contribution is 6.63. The second kappa shape index (κ2) is 5.02. The van der Waals surface area contributed by atoms with E-state index in [0.29, 0.717) is 12.0 Å². The third kappa shape index (κ3) is 2.68. The van der Waals surface area contributed by atoms with Gasteiger partial charge in [0.05, 0.1) is 17.4 Å². The Balaban J connectivity index is 2.39. The second-order valence-electron chi connectivity index (χ2n) is 6.56. The lowest BCUT2D eigenvalue weighted by Gasteiger charge is -2.32. The zero-order valence-corrected chi connectivity index (χ0v) is 13.1. The minimum atomic E-state index is -0.571. The number of rotatable bonds is 3. The van der Waals surface area contributed by atoms with Gasteiger partial charge in [0.1, 0.15) is 5.75 Å². The van der Waals surface area contributed by atoms with Crippen molar-refractivity contribution < 1.29 is 14.4 Å². The molecule has 0 bridgehead atoms. The lowest BCUT2D eigenvalue weighted by Crippen LogP contribution is -2.41. The van der Waals surface area contributed by atoms with Crippen LogP contribution in [0.15, 0.2) is 12.4 Å². The number of hydrogen-bond donors (Lipinski definition) is 1. The van der Waals surface area contributed by atoms with Gasteiger partial charge in [0, 0.05) is 18.2 Å². The summed E-state index contributed by atoms with van der Waals surface area (Å²) in [6, 6.07) is 0. The van der Waals surface area contributed by atoms with Crippen LogP contribution in [0.5, 0.6) is 5.75 Å². The first kappa shape index (κ1) is 15.3. The summed E-state index contributed by atoms with van der Waals surface area (Å²) in [5.41, 5.74) is 0.728. The van der Waals surface area contributed by atoms with Gasteiger partial charge in [-0.2, -0.15) is 0 Å². The van der Waals surface area contributed by atoms with Crippen molar-refractivity contribution >= 4 is 12.6 Å². The van der Waals surface area contributed by atoms with E-state index in [1.807, 2.05) is 46.7 Å². The number of pyridine rings is 1. The quantitative estimate of drug-likeness (QED) is 0.840. The minimum Gasteiger partial charge on any atom is -0.507 e. The third-order valence-electron chi connectivity index (χ3n) is 4.02. The monoisotopic (exact) mass is 278 g/mol. The molecule has 0 spiro atoms. The highest BCUT2D eigenvalue weighted by Gasteiger charge is 2.53. The van der Waals surface area contributed by atoms with Crippen LogP contribution < -0.4 is 5.46 Å². The normalized spacial score (nSPS) is 20.6. The first-order valence-electron chi connectivity index (χ1n) is 6.80. The fourth-order valence-electron chi connectivity index (χ4n) is 2.20. The van der Waals surface area contributed by atoms with E-state index in [-0.39, 0.29) is 5.75 Å². The Labute approximate surface area is 121 Å². The van der Waals surface area contributed by atoms with Crippen LogP contribution in [-0.2, 0) is 15.9 Å². The Kier molecular flexibility index (Phi) is 3.84.